The molecular formula is C22H26N2O3S. The zero-order chi connectivity index (χ0) is 19.6. The van der Waals surface area contributed by atoms with Gasteiger partial charge in [0.25, 0.3) is 15.9 Å². The average Bonchev–Trinajstić information content (AvgIpc) is 2.73. The maximum atomic E-state index is 13.0. The van der Waals surface area contributed by atoms with Crippen LogP contribution in [0.1, 0.15) is 42.5 Å². The van der Waals surface area contributed by atoms with E-state index in [1.807, 2.05) is 4.90 Å². The number of fused-ring (bicyclic) bond motifs is 1. The van der Waals surface area contributed by atoms with E-state index in [2.05, 4.69) is 4.72 Å². The number of rotatable bonds is 4. The van der Waals surface area contributed by atoms with Crippen molar-refractivity contribution in [3.8, 4) is 0 Å². The van der Waals surface area contributed by atoms with Crippen molar-refractivity contribution in [2.24, 2.45) is 11.8 Å². The number of anilines is 1. The van der Waals surface area contributed by atoms with Crippen LogP contribution in [0.5, 0.6) is 0 Å². The standard InChI is InChI=1S/C22H26N2O3S/c25-22(24-14-13-17-7-4-5-8-19(17)16-24)18-9-6-10-20(15-18)23-28(26,27)21-11-2-1-3-12-21/h1-3,6,9-12,15,17,19,23H,4-5,7-8,13-14,16H2/t17-,19+/m1/s1. The van der Waals surface area contributed by atoms with Gasteiger partial charge < -0.3 is 4.90 Å². The van der Waals surface area contributed by atoms with Crippen molar-refractivity contribution >= 4 is 21.6 Å². The molecule has 2 fully saturated rings. The van der Waals surface area contributed by atoms with E-state index in [0.29, 0.717) is 17.2 Å². The number of likely N-dealkylation sites (tertiary alicyclic amines) is 1. The molecule has 2 aromatic rings. The first-order valence-corrected chi connectivity index (χ1v) is 11.5. The lowest BCUT2D eigenvalue weighted by Crippen LogP contribution is -2.44. The summed E-state index contributed by atoms with van der Waals surface area (Å²) in [6.45, 7) is 1.61. The van der Waals surface area contributed by atoms with E-state index < -0.39 is 10.0 Å². The summed E-state index contributed by atoms with van der Waals surface area (Å²) < 4.78 is 27.7. The normalized spacial score (nSPS) is 22.4. The van der Waals surface area contributed by atoms with Crippen LogP contribution in [-0.2, 0) is 10.0 Å². The number of nitrogens with one attached hydrogen (secondary N) is 1. The second-order valence-corrected chi connectivity index (χ2v) is 9.53. The van der Waals surface area contributed by atoms with E-state index in [1.54, 1.807) is 54.6 Å². The lowest BCUT2D eigenvalue weighted by Gasteiger charge is -2.41. The molecule has 1 saturated heterocycles. The van der Waals surface area contributed by atoms with Gasteiger partial charge in [-0.05, 0) is 55.0 Å². The second kappa shape index (κ2) is 7.95. The van der Waals surface area contributed by atoms with E-state index in [1.165, 1.54) is 25.7 Å². The van der Waals surface area contributed by atoms with Crippen LogP contribution in [0.2, 0.25) is 0 Å². The molecule has 2 atom stereocenters. The van der Waals surface area contributed by atoms with Gasteiger partial charge in [-0.1, -0.05) is 43.5 Å². The quantitative estimate of drug-likeness (QED) is 0.842. The Labute approximate surface area is 166 Å². The van der Waals surface area contributed by atoms with E-state index in [4.69, 9.17) is 0 Å². The van der Waals surface area contributed by atoms with Gasteiger partial charge >= 0.3 is 0 Å². The molecule has 1 heterocycles. The summed E-state index contributed by atoms with van der Waals surface area (Å²) in [7, 11) is -3.67. The number of carbonyl (C=O) groups is 1. The van der Waals surface area contributed by atoms with Crippen molar-refractivity contribution < 1.29 is 13.2 Å². The van der Waals surface area contributed by atoms with E-state index in [-0.39, 0.29) is 10.8 Å². The molecule has 1 aliphatic heterocycles. The minimum absolute atomic E-state index is 0.00946. The molecule has 1 N–H and O–H groups in total. The molecule has 2 aromatic carbocycles. The fourth-order valence-electron chi connectivity index (χ4n) is 4.50. The first-order chi connectivity index (χ1) is 13.5. The summed E-state index contributed by atoms with van der Waals surface area (Å²) in [5, 5.41) is 0. The van der Waals surface area contributed by atoms with Crippen molar-refractivity contribution in [1.82, 2.24) is 4.90 Å². The highest BCUT2D eigenvalue weighted by atomic mass is 32.2. The fraction of sp³-hybridized carbons (Fsp3) is 0.409. The van der Waals surface area contributed by atoms with Crippen molar-refractivity contribution in [1.29, 1.82) is 0 Å². The summed E-state index contributed by atoms with van der Waals surface area (Å²) in [6, 6.07) is 15.0. The molecule has 0 radical (unpaired) electrons. The summed E-state index contributed by atoms with van der Waals surface area (Å²) in [5.74, 6) is 1.37. The molecule has 1 saturated carbocycles. The monoisotopic (exact) mass is 398 g/mol. The lowest BCUT2D eigenvalue weighted by molar-refractivity contribution is 0.0521. The summed E-state index contributed by atoms with van der Waals surface area (Å²) in [6.07, 6.45) is 6.17. The number of hydrogen-bond acceptors (Lipinski definition) is 3. The molecule has 0 aromatic heterocycles. The average molecular weight is 399 g/mol. The highest BCUT2D eigenvalue weighted by molar-refractivity contribution is 7.92. The first-order valence-electron chi connectivity index (χ1n) is 10.0. The molecule has 0 bridgehead atoms. The van der Waals surface area contributed by atoms with E-state index in [0.717, 1.165) is 25.4 Å². The Bertz CT molecular complexity index is 943. The third kappa shape index (κ3) is 4.07. The smallest absolute Gasteiger partial charge is 0.261 e. The lowest BCUT2D eigenvalue weighted by atomic mass is 9.75. The van der Waals surface area contributed by atoms with Crippen LogP contribution in [0, 0.1) is 11.8 Å². The number of hydrogen-bond donors (Lipinski definition) is 1. The Balaban J connectivity index is 1.48. The molecule has 4 rings (SSSR count). The highest BCUT2D eigenvalue weighted by Crippen LogP contribution is 2.36. The largest absolute Gasteiger partial charge is 0.338 e. The minimum Gasteiger partial charge on any atom is -0.338 e. The Morgan fingerprint density at radius 2 is 1.68 bits per heavy atom. The van der Waals surface area contributed by atoms with Crippen LogP contribution in [0.3, 0.4) is 0 Å². The van der Waals surface area contributed by atoms with Crippen LogP contribution in [0.15, 0.2) is 59.5 Å². The molecule has 28 heavy (non-hydrogen) atoms. The van der Waals surface area contributed by atoms with E-state index in [9.17, 15) is 13.2 Å². The zero-order valence-corrected chi connectivity index (χ0v) is 16.7. The number of carbonyl (C=O) groups excluding carboxylic acids is 1. The molecule has 5 nitrogen and oxygen atoms in total. The Kier molecular flexibility index (Phi) is 5.40. The van der Waals surface area contributed by atoms with Gasteiger partial charge in [0.05, 0.1) is 4.90 Å². The second-order valence-electron chi connectivity index (χ2n) is 7.84. The highest BCUT2D eigenvalue weighted by Gasteiger charge is 2.33. The number of amides is 1. The third-order valence-electron chi connectivity index (χ3n) is 5.99. The predicted molar refractivity (Wildman–Crippen MR) is 110 cm³/mol. The number of benzene rings is 2. The SMILES string of the molecule is O=C(c1cccc(NS(=O)(=O)c2ccccc2)c1)N1CC[C@H]2CCCC[C@H]2C1. The molecule has 0 spiro atoms. The topological polar surface area (TPSA) is 66.5 Å². The number of sulfonamides is 1. The van der Waals surface area contributed by atoms with Crippen molar-refractivity contribution in [3.05, 3.63) is 60.2 Å². The van der Waals surface area contributed by atoms with Gasteiger partial charge in [-0.15, -0.1) is 0 Å². The summed E-state index contributed by atoms with van der Waals surface area (Å²) in [5.41, 5.74) is 0.935. The minimum atomic E-state index is -3.67. The first kappa shape index (κ1) is 19.0. The Morgan fingerprint density at radius 3 is 2.46 bits per heavy atom. The number of nitrogens with zero attached hydrogens (tertiary/aromatic N) is 1. The maximum Gasteiger partial charge on any atom is 0.261 e. The van der Waals surface area contributed by atoms with Gasteiger partial charge in [-0.3, -0.25) is 9.52 Å². The van der Waals surface area contributed by atoms with Gasteiger partial charge in [-0.2, -0.15) is 0 Å². The van der Waals surface area contributed by atoms with Gasteiger partial charge in [0.2, 0.25) is 0 Å². The van der Waals surface area contributed by atoms with E-state index >= 15 is 0 Å². The van der Waals surface area contributed by atoms with Crippen molar-refractivity contribution in [2.45, 2.75) is 37.0 Å². The van der Waals surface area contributed by atoms with Crippen molar-refractivity contribution in [2.75, 3.05) is 17.8 Å². The molecule has 1 amide bonds. The third-order valence-corrected chi connectivity index (χ3v) is 7.39. The molecule has 2 aliphatic rings. The van der Waals surface area contributed by atoms with Crippen LogP contribution >= 0.6 is 0 Å². The zero-order valence-electron chi connectivity index (χ0n) is 15.9. The Morgan fingerprint density at radius 1 is 0.929 bits per heavy atom. The fourth-order valence-corrected chi connectivity index (χ4v) is 5.57. The number of piperidine rings is 1. The Hall–Kier alpha value is -2.34. The predicted octanol–water partition coefficient (Wildman–Crippen LogP) is 4.14. The summed E-state index contributed by atoms with van der Waals surface area (Å²) >= 11 is 0. The summed E-state index contributed by atoms with van der Waals surface area (Å²) in [4.78, 5) is 15.2. The molecule has 148 valence electrons. The van der Waals surface area contributed by atoms with Crippen LogP contribution in [0.4, 0.5) is 5.69 Å². The van der Waals surface area contributed by atoms with Gasteiger partial charge in [0.1, 0.15) is 0 Å². The van der Waals surface area contributed by atoms with Gasteiger partial charge in [0, 0.05) is 24.3 Å². The maximum absolute atomic E-state index is 13.0. The molecule has 1 aliphatic carbocycles. The molecule has 0 unspecified atom stereocenters. The van der Waals surface area contributed by atoms with Crippen LogP contribution in [0.25, 0.3) is 0 Å². The van der Waals surface area contributed by atoms with Crippen LogP contribution in [-0.4, -0.2) is 32.3 Å². The van der Waals surface area contributed by atoms with Crippen molar-refractivity contribution in [3.63, 3.8) is 0 Å². The molecule has 6 heteroatoms. The van der Waals surface area contributed by atoms with Crippen LogP contribution < -0.4 is 4.72 Å². The van der Waals surface area contributed by atoms with Gasteiger partial charge in [-0.25, -0.2) is 8.42 Å². The van der Waals surface area contributed by atoms with Gasteiger partial charge in [0.15, 0.2) is 0 Å². The molecular weight excluding hydrogens is 372 g/mol.